The highest BCUT2D eigenvalue weighted by Gasteiger charge is 2.34. The molecule has 0 atom stereocenters. The number of nitrogens with zero attached hydrogens (tertiary/aromatic N) is 1. The fraction of sp³-hybridized carbons (Fsp3) is 0.308. The Kier molecular flexibility index (Phi) is 2.46. The Morgan fingerprint density at radius 1 is 1.25 bits per heavy atom. The molecule has 3 nitrogen and oxygen atoms in total. The van der Waals surface area contributed by atoms with Gasteiger partial charge in [0.1, 0.15) is 11.4 Å². The van der Waals surface area contributed by atoms with Crippen LogP contribution >= 0.6 is 0 Å². The molecule has 1 N–H and O–H groups in total. The summed E-state index contributed by atoms with van der Waals surface area (Å²) in [5, 5.41) is 3.37. The second-order valence-electron chi connectivity index (χ2n) is 4.49. The van der Waals surface area contributed by atoms with E-state index in [2.05, 4.69) is 5.32 Å². The third-order valence-corrected chi connectivity index (χ3v) is 3.06. The van der Waals surface area contributed by atoms with Gasteiger partial charge in [0.05, 0.1) is 5.70 Å². The van der Waals surface area contributed by atoms with Crippen molar-refractivity contribution >= 4 is 12.0 Å². The minimum Gasteiger partial charge on any atom is -0.361 e. The molecule has 0 fully saturated rings. The van der Waals surface area contributed by atoms with E-state index in [1.807, 2.05) is 56.1 Å². The molecule has 0 aliphatic carbocycles. The normalized spacial score (nSPS) is 18.6. The lowest BCUT2D eigenvalue weighted by Crippen LogP contribution is -2.45. The van der Waals surface area contributed by atoms with Crippen LogP contribution in [0, 0.1) is 0 Å². The quantitative estimate of drug-likeness (QED) is 0.765. The molecule has 0 spiro atoms. The van der Waals surface area contributed by atoms with E-state index in [1.165, 1.54) is 0 Å². The van der Waals surface area contributed by atoms with Gasteiger partial charge in [-0.05, 0) is 19.4 Å². The van der Waals surface area contributed by atoms with Crippen molar-refractivity contribution in [1.29, 1.82) is 0 Å². The lowest BCUT2D eigenvalue weighted by atomic mass is 10.1. The van der Waals surface area contributed by atoms with Crippen LogP contribution in [0.25, 0.3) is 5.70 Å². The van der Waals surface area contributed by atoms with Crippen LogP contribution in [-0.4, -0.2) is 23.9 Å². The zero-order valence-corrected chi connectivity index (χ0v) is 9.82. The lowest BCUT2D eigenvalue weighted by molar-refractivity contribution is -0.106. The average Bonchev–Trinajstić information content (AvgIpc) is 2.52. The Hall–Kier alpha value is -1.77. The second kappa shape index (κ2) is 3.67. The number of rotatable bonds is 2. The summed E-state index contributed by atoms with van der Waals surface area (Å²) in [6.07, 6.45) is 0.907. The van der Waals surface area contributed by atoms with E-state index in [4.69, 9.17) is 0 Å². The topological polar surface area (TPSA) is 32.3 Å². The van der Waals surface area contributed by atoms with Crippen LogP contribution < -0.4 is 5.32 Å². The van der Waals surface area contributed by atoms with Crippen molar-refractivity contribution in [3.63, 3.8) is 0 Å². The fourth-order valence-electron chi connectivity index (χ4n) is 1.89. The number of nitrogens with one attached hydrogen (secondary N) is 1. The molecule has 1 aliphatic rings. The van der Waals surface area contributed by atoms with Crippen LogP contribution in [0.4, 0.5) is 0 Å². The van der Waals surface area contributed by atoms with E-state index in [1.54, 1.807) is 0 Å². The minimum absolute atomic E-state index is 0.221. The van der Waals surface area contributed by atoms with Crippen LogP contribution in [0.2, 0.25) is 0 Å². The molecule has 0 amide bonds. The summed E-state index contributed by atoms with van der Waals surface area (Å²) in [5.74, 6) is 0. The predicted molar refractivity (Wildman–Crippen MR) is 64.4 cm³/mol. The molecule has 1 aromatic carbocycles. The molecule has 84 valence electrons. The van der Waals surface area contributed by atoms with Crippen LogP contribution in [0.5, 0.6) is 0 Å². The van der Waals surface area contributed by atoms with Gasteiger partial charge >= 0.3 is 0 Å². The maximum absolute atomic E-state index is 11.1. The largest absolute Gasteiger partial charge is 0.361 e. The summed E-state index contributed by atoms with van der Waals surface area (Å²) in [7, 11) is 1.92. The number of likely N-dealkylation sites (N-methyl/N-ethyl adjacent to an activating group) is 1. The highest BCUT2D eigenvalue weighted by atomic mass is 16.1. The SMILES string of the molecule is CN1C(C=O)=C(c2ccccc2)NC1(C)C. The van der Waals surface area contributed by atoms with Gasteiger partial charge in [-0.25, -0.2) is 0 Å². The number of benzene rings is 1. The molecule has 0 saturated heterocycles. The van der Waals surface area contributed by atoms with E-state index in [9.17, 15) is 4.79 Å². The number of carbonyl (C=O) groups is 1. The third-order valence-electron chi connectivity index (χ3n) is 3.06. The second-order valence-corrected chi connectivity index (χ2v) is 4.49. The molecule has 1 aromatic rings. The summed E-state index contributed by atoms with van der Waals surface area (Å²) >= 11 is 0. The summed E-state index contributed by atoms with van der Waals surface area (Å²) in [6.45, 7) is 4.10. The molecule has 3 heteroatoms. The molecule has 0 unspecified atom stereocenters. The van der Waals surface area contributed by atoms with Crippen molar-refractivity contribution in [2.24, 2.45) is 0 Å². The summed E-state index contributed by atoms with van der Waals surface area (Å²) in [5.41, 5.74) is 2.43. The van der Waals surface area contributed by atoms with Gasteiger partial charge in [-0.3, -0.25) is 4.79 Å². The van der Waals surface area contributed by atoms with Gasteiger partial charge in [0.2, 0.25) is 0 Å². The summed E-state index contributed by atoms with van der Waals surface area (Å²) in [4.78, 5) is 13.1. The van der Waals surface area contributed by atoms with Crippen LogP contribution in [0.15, 0.2) is 36.0 Å². The number of aldehydes is 1. The molecule has 0 bridgehead atoms. The first-order valence-electron chi connectivity index (χ1n) is 5.33. The fourth-order valence-corrected chi connectivity index (χ4v) is 1.89. The molecular weight excluding hydrogens is 200 g/mol. The van der Waals surface area contributed by atoms with Crippen molar-refractivity contribution in [2.75, 3.05) is 7.05 Å². The first-order valence-corrected chi connectivity index (χ1v) is 5.33. The molecule has 0 radical (unpaired) electrons. The third kappa shape index (κ3) is 1.58. The Bertz CT molecular complexity index is 435. The molecule has 1 heterocycles. The van der Waals surface area contributed by atoms with Crippen LogP contribution in [0.1, 0.15) is 19.4 Å². The zero-order chi connectivity index (χ0) is 11.8. The van der Waals surface area contributed by atoms with Crippen molar-refractivity contribution in [1.82, 2.24) is 10.2 Å². The van der Waals surface area contributed by atoms with E-state index >= 15 is 0 Å². The van der Waals surface area contributed by atoms with Crippen molar-refractivity contribution in [3.05, 3.63) is 41.6 Å². The van der Waals surface area contributed by atoms with Crippen molar-refractivity contribution < 1.29 is 4.79 Å². The molecule has 16 heavy (non-hydrogen) atoms. The number of hydrogen-bond donors (Lipinski definition) is 1. The van der Waals surface area contributed by atoms with Crippen LogP contribution in [-0.2, 0) is 4.79 Å². The monoisotopic (exact) mass is 216 g/mol. The van der Waals surface area contributed by atoms with E-state index in [-0.39, 0.29) is 5.66 Å². The lowest BCUT2D eigenvalue weighted by Gasteiger charge is -2.30. The van der Waals surface area contributed by atoms with Gasteiger partial charge in [-0.15, -0.1) is 0 Å². The summed E-state index contributed by atoms with van der Waals surface area (Å²) in [6, 6.07) is 9.91. The highest BCUT2D eigenvalue weighted by Crippen LogP contribution is 2.30. The maximum Gasteiger partial charge on any atom is 0.168 e. The highest BCUT2D eigenvalue weighted by molar-refractivity contribution is 5.88. The van der Waals surface area contributed by atoms with Crippen molar-refractivity contribution in [3.8, 4) is 0 Å². The Morgan fingerprint density at radius 3 is 2.44 bits per heavy atom. The van der Waals surface area contributed by atoms with Crippen LogP contribution in [0.3, 0.4) is 0 Å². The average molecular weight is 216 g/mol. The van der Waals surface area contributed by atoms with Gasteiger partial charge < -0.3 is 10.2 Å². The van der Waals surface area contributed by atoms with E-state index < -0.39 is 0 Å². The number of allylic oxidation sites excluding steroid dienone is 1. The first-order chi connectivity index (χ1) is 7.56. The van der Waals surface area contributed by atoms with Crippen molar-refractivity contribution in [2.45, 2.75) is 19.5 Å². The Morgan fingerprint density at radius 2 is 1.88 bits per heavy atom. The Labute approximate surface area is 95.8 Å². The van der Waals surface area contributed by atoms with Gasteiger partial charge in [0, 0.05) is 7.05 Å². The van der Waals surface area contributed by atoms with E-state index in [0.717, 1.165) is 17.5 Å². The summed E-state index contributed by atoms with van der Waals surface area (Å²) < 4.78 is 0. The smallest absolute Gasteiger partial charge is 0.168 e. The molecule has 2 rings (SSSR count). The first kappa shape index (κ1) is 10.7. The van der Waals surface area contributed by atoms with Gasteiger partial charge in [0.25, 0.3) is 0 Å². The number of carbonyl (C=O) groups excluding carboxylic acids is 1. The molecule has 0 saturated carbocycles. The molecule has 0 aromatic heterocycles. The maximum atomic E-state index is 11.1. The predicted octanol–water partition coefficient (Wildman–Crippen LogP) is 1.83. The minimum atomic E-state index is -0.221. The zero-order valence-electron chi connectivity index (χ0n) is 9.82. The Balaban J connectivity index is 2.48. The molecular formula is C13H16N2O. The van der Waals surface area contributed by atoms with Gasteiger partial charge in [-0.1, -0.05) is 30.3 Å². The van der Waals surface area contributed by atoms with Gasteiger partial charge in [-0.2, -0.15) is 0 Å². The molecule has 1 aliphatic heterocycles. The van der Waals surface area contributed by atoms with E-state index in [0.29, 0.717) is 5.70 Å². The van der Waals surface area contributed by atoms with Gasteiger partial charge in [0.15, 0.2) is 6.29 Å². The standard InChI is InChI=1S/C13H16N2O/c1-13(2)14-12(11(9-16)15(13)3)10-7-5-4-6-8-10/h4-9,14H,1-3H3. The number of hydrogen-bond acceptors (Lipinski definition) is 3.